The van der Waals surface area contributed by atoms with Crippen LogP contribution in [-0.4, -0.2) is 42.6 Å². The minimum absolute atomic E-state index is 0.0835. The van der Waals surface area contributed by atoms with Crippen LogP contribution in [0.4, 0.5) is 32.6 Å². The molecule has 2 aromatic rings. The first-order chi connectivity index (χ1) is 16.9. The van der Waals surface area contributed by atoms with Crippen molar-refractivity contribution >= 4 is 30.3 Å². The van der Waals surface area contributed by atoms with Crippen LogP contribution in [-0.2, 0) is 24.0 Å². The number of aromatic nitrogens is 1. The average Bonchev–Trinajstić information content (AvgIpc) is 2.74. The molecule has 13 heteroatoms. The van der Waals surface area contributed by atoms with Crippen molar-refractivity contribution in [3.8, 4) is 0 Å². The van der Waals surface area contributed by atoms with Crippen molar-refractivity contribution < 1.29 is 45.1 Å². The number of rotatable bonds is 10. The van der Waals surface area contributed by atoms with E-state index in [0.717, 1.165) is 11.0 Å². The van der Waals surface area contributed by atoms with Crippen LogP contribution in [0.15, 0.2) is 24.4 Å². The lowest BCUT2D eigenvalue weighted by Gasteiger charge is -2.28. The van der Waals surface area contributed by atoms with Crippen LogP contribution in [0, 0.1) is 6.92 Å². The summed E-state index contributed by atoms with van der Waals surface area (Å²) in [5, 5.41) is 0.608. The molecule has 208 valence electrons. The molecule has 0 saturated carbocycles. The number of hydrogen-bond acceptors (Lipinski definition) is 6. The molecule has 0 unspecified atom stereocenters. The number of nitrogens with zero attached hydrogens (tertiary/aromatic N) is 2. The highest BCUT2D eigenvalue weighted by molar-refractivity contribution is 7.54. The summed E-state index contributed by atoms with van der Waals surface area (Å²) in [6.07, 6.45) is -5.61. The van der Waals surface area contributed by atoms with E-state index in [9.17, 15) is 22.5 Å². The molecule has 7 nitrogen and oxygen atoms in total. The molecule has 1 aromatic carbocycles. The van der Waals surface area contributed by atoms with Gasteiger partial charge < -0.3 is 13.8 Å². The third kappa shape index (κ3) is 7.85. The molecule has 0 N–H and O–H groups in total. The zero-order valence-corrected chi connectivity index (χ0v) is 22.5. The minimum Gasteiger partial charge on any atom is -0.443 e. The number of benzene rings is 1. The van der Waals surface area contributed by atoms with Crippen molar-refractivity contribution in [1.29, 1.82) is 0 Å². The molecular formula is C24H32F5N2O5P. The molecule has 0 fully saturated rings. The summed E-state index contributed by atoms with van der Waals surface area (Å²) < 4.78 is 97.2. The largest absolute Gasteiger partial charge is 0.443 e. The lowest BCUT2D eigenvalue weighted by molar-refractivity contribution is -0.135. The maximum Gasteiger partial charge on any atom is 0.416 e. The van der Waals surface area contributed by atoms with E-state index in [1.54, 1.807) is 20.8 Å². The predicted molar refractivity (Wildman–Crippen MR) is 130 cm³/mol. The number of alkyl halides is 5. The van der Waals surface area contributed by atoms with Gasteiger partial charge in [0.1, 0.15) is 11.4 Å². The Morgan fingerprint density at radius 3 is 2.11 bits per heavy atom. The van der Waals surface area contributed by atoms with Crippen molar-refractivity contribution in [1.82, 2.24) is 4.98 Å². The summed E-state index contributed by atoms with van der Waals surface area (Å²) >= 11 is 0. The molecule has 0 aliphatic heterocycles. The van der Waals surface area contributed by atoms with Gasteiger partial charge in [0.25, 0.3) is 0 Å². The second kappa shape index (κ2) is 11.6. The average molecular weight is 554 g/mol. The lowest BCUT2D eigenvalue weighted by Crippen LogP contribution is -2.38. The number of ether oxygens (including phenoxy) is 1. The highest BCUT2D eigenvalue weighted by atomic mass is 31.2. The quantitative estimate of drug-likeness (QED) is 0.219. The smallest absolute Gasteiger partial charge is 0.416 e. The van der Waals surface area contributed by atoms with Gasteiger partial charge in [0.2, 0.25) is 0 Å². The Morgan fingerprint density at radius 2 is 1.59 bits per heavy atom. The van der Waals surface area contributed by atoms with Gasteiger partial charge in [-0.1, -0.05) is 0 Å². The molecule has 1 aromatic heterocycles. The van der Waals surface area contributed by atoms with Crippen molar-refractivity contribution in [2.75, 3.05) is 24.7 Å². The number of carbonyl (C=O) groups is 1. The number of pyridine rings is 1. The number of halogens is 5. The highest BCUT2D eigenvalue weighted by Crippen LogP contribution is 2.67. The molecule has 0 saturated heterocycles. The summed E-state index contributed by atoms with van der Waals surface area (Å²) in [5.74, 6) is -0.0835. The number of amides is 1. The first kappa shape index (κ1) is 30.9. The van der Waals surface area contributed by atoms with Crippen LogP contribution in [0.2, 0.25) is 0 Å². The molecule has 0 bridgehead atoms. The van der Waals surface area contributed by atoms with Crippen LogP contribution < -0.4 is 4.90 Å². The fraction of sp³-hybridized carbons (Fsp3) is 0.583. The molecule has 0 aliphatic carbocycles. The van der Waals surface area contributed by atoms with E-state index in [1.807, 2.05) is 0 Å². The Kier molecular flexibility index (Phi) is 9.71. The summed E-state index contributed by atoms with van der Waals surface area (Å²) in [6.45, 7) is 8.12. The number of anilines is 1. The van der Waals surface area contributed by atoms with Crippen LogP contribution in [0.5, 0.6) is 0 Å². The van der Waals surface area contributed by atoms with E-state index in [1.165, 1.54) is 39.1 Å². The molecule has 2 rings (SSSR count). The topological polar surface area (TPSA) is 78.0 Å². The van der Waals surface area contributed by atoms with Crippen LogP contribution in [0.3, 0.4) is 0 Å². The number of aryl methyl sites for hydroxylation is 1. The summed E-state index contributed by atoms with van der Waals surface area (Å²) in [5.41, 5.74) is -5.45. The van der Waals surface area contributed by atoms with Gasteiger partial charge in [0.15, 0.2) is 0 Å². The van der Waals surface area contributed by atoms with Gasteiger partial charge in [-0.3, -0.25) is 9.46 Å². The molecule has 37 heavy (non-hydrogen) atoms. The van der Waals surface area contributed by atoms with Crippen molar-refractivity contribution in [2.24, 2.45) is 0 Å². The molecular weight excluding hydrogens is 522 g/mol. The predicted octanol–water partition coefficient (Wildman–Crippen LogP) is 7.94. The molecule has 0 spiro atoms. The second-order valence-electron chi connectivity index (χ2n) is 9.28. The number of fused-ring (bicyclic) bond motifs is 1. The van der Waals surface area contributed by atoms with Crippen LogP contribution in [0.25, 0.3) is 10.8 Å². The fourth-order valence-electron chi connectivity index (χ4n) is 3.51. The Balaban J connectivity index is 2.58. The molecule has 0 aliphatic rings. The monoisotopic (exact) mass is 554 g/mol. The zero-order valence-electron chi connectivity index (χ0n) is 21.6. The maximum atomic E-state index is 15.5. The number of hydrogen-bond donors (Lipinski definition) is 0. The summed E-state index contributed by atoms with van der Waals surface area (Å²) in [4.78, 5) is 17.9. The standard InChI is InChI=1S/C24H32F5N2O5P/c1-7-34-37(33,35-8-2)24(28,29)19-13-17-14-20(30-15-18(17)12-16(19)3)31(11-9-10-23(25,26)27)21(32)36-22(4,5)6/h12-15H,7-11H2,1-6H3. The maximum absolute atomic E-state index is 15.5. The van der Waals surface area contributed by atoms with Gasteiger partial charge in [-0.2, -0.15) is 22.0 Å². The van der Waals surface area contributed by atoms with E-state index in [4.69, 9.17) is 13.8 Å². The molecule has 0 radical (unpaired) electrons. The SMILES string of the molecule is CCOP(=O)(OCC)C(F)(F)c1cc2cc(N(CCCC(F)(F)F)C(=O)OC(C)(C)C)ncc2cc1C. The van der Waals surface area contributed by atoms with E-state index < -0.39 is 49.5 Å². The fourth-order valence-corrected chi connectivity index (χ4v) is 5.12. The second-order valence-corrected chi connectivity index (χ2v) is 11.4. The highest BCUT2D eigenvalue weighted by Gasteiger charge is 2.55. The molecule has 0 atom stereocenters. The van der Waals surface area contributed by atoms with E-state index in [0.29, 0.717) is 5.39 Å². The summed E-state index contributed by atoms with van der Waals surface area (Å²) in [7, 11) is -4.89. The van der Waals surface area contributed by atoms with Crippen molar-refractivity contribution in [3.05, 3.63) is 35.5 Å². The number of carbonyl (C=O) groups excluding carboxylic acids is 1. The Bertz CT molecular complexity index is 1140. The first-order valence-corrected chi connectivity index (χ1v) is 13.2. The lowest BCUT2D eigenvalue weighted by atomic mass is 10.0. The Hall–Kier alpha value is -2.30. The third-order valence-electron chi connectivity index (χ3n) is 5.05. The van der Waals surface area contributed by atoms with E-state index in [-0.39, 0.29) is 36.5 Å². The van der Waals surface area contributed by atoms with Crippen LogP contribution >= 0.6 is 7.60 Å². The molecule has 1 heterocycles. The normalized spacial score (nSPS) is 13.2. The van der Waals surface area contributed by atoms with Gasteiger partial charge >= 0.3 is 25.5 Å². The van der Waals surface area contributed by atoms with Crippen molar-refractivity contribution in [2.45, 2.75) is 71.8 Å². The van der Waals surface area contributed by atoms with Gasteiger partial charge in [-0.25, -0.2) is 9.78 Å². The van der Waals surface area contributed by atoms with E-state index in [2.05, 4.69) is 4.98 Å². The third-order valence-corrected chi connectivity index (χ3v) is 7.17. The van der Waals surface area contributed by atoms with Gasteiger partial charge in [-0.15, -0.1) is 0 Å². The van der Waals surface area contributed by atoms with Gasteiger partial charge in [0.05, 0.1) is 13.2 Å². The Morgan fingerprint density at radius 1 is 1.00 bits per heavy atom. The first-order valence-electron chi connectivity index (χ1n) is 11.7. The van der Waals surface area contributed by atoms with Crippen molar-refractivity contribution in [3.63, 3.8) is 0 Å². The van der Waals surface area contributed by atoms with Gasteiger partial charge in [-0.05, 0) is 77.1 Å². The minimum atomic E-state index is -4.89. The van der Waals surface area contributed by atoms with E-state index >= 15 is 8.78 Å². The zero-order chi connectivity index (χ0) is 28.2. The van der Waals surface area contributed by atoms with Crippen LogP contribution in [0.1, 0.15) is 58.6 Å². The Labute approximate surface area is 212 Å². The summed E-state index contributed by atoms with van der Waals surface area (Å²) in [6, 6.07) is 3.78. The molecule has 1 amide bonds. The van der Waals surface area contributed by atoms with Gasteiger partial charge in [0, 0.05) is 30.1 Å².